The number of hydrogen-bond donors (Lipinski definition) is 1. The van der Waals surface area contributed by atoms with E-state index in [1.807, 2.05) is 13.8 Å². The van der Waals surface area contributed by atoms with Crippen molar-refractivity contribution >= 4 is 30.3 Å². The molecule has 2 N–H and O–H groups in total. The molecule has 0 saturated carbocycles. The van der Waals surface area contributed by atoms with Crippen LogP contribution in [0.2, 0.25) is 0 Å². The fraction of sp³-hybridized carbons (Fsp3) is 0.300. The van der Waals surface area contributed by atoms with Crippen LogP contribution in [0.3, 0.4) is 0 Å². The zero-order chi connectivity index (χ0) is 11.9. The summed E-state index contributed by atoms with van der Waals surface area (Å²) in [5, 5.41) is 0.758. The van der Waals surface area contributed by atoms with E-state index >= 15 is 0 Å². The number of rotatable bonds is 1. The van der Waals surface area contributed by atoms with Crippen LogP contribution in [-0.2, 0) is 6.54 Å². The third kappa shape index (κ3) is 1.46. The van der Waals surface area contributed by atoms with E-state index in [0.717, 1.165) is 11.1 Å². The summed E-state index contributed by atoms with van der Waals surface area (Å²) < 4.78 is 1.50. The van der Waals surface area contributed by atoms with Crippen LogP contribution in [0.15, 0.2) is 10.9 Å². The summed E-state index contributed by atoms with van der Waals surface area (Å²) in [5.74, 6) is 0.163. The van der Waals surface area contributed by atoms with Crippen molar-refractivity contribution in [2.45, 2.75) is 20.4 Å². The van der Waals surface area contributed by atoms with Crippen LogP contribution < -0.4 is 16.8 Å². The molecule has 6 heteroatoms. The molecule has 0 aromatic carbocycles. The molecule has 80 valence electrons. The third-order valence-corrected chi connectivity index (χ3v) is 2.50. The van der Waals surface area contributed by atoms with Gasteiger partial charge in [-0.15, -0.1) is 0 Å². The summed E-state index contributed by atoms with van der Waals surface area (Å²) in [6.45, 7) is 4.16. The highest BCUT2D eigenvalue weighted by Gasteiger charge is 2.09. The van der Waals surface area contributed by atoms with E-state index in [9.17, 15) is 4.79 Å². The molecule has 2 aromatic rings. The van der Waals surface area contributed by atoms with Crippen LogP contribution in [0.4, 0.5) is 5.95 Å². The molecule has 0 bridgehead atoms. The lowest BCUT2D eigenvalue weighted by atomic mass is 9.96. The number of fused-ring (bicyclic) bond motifs is 1. The predicted octanol–water partition coefficient (Wildman–Crippen LogP) is -0.504. The van der Waals surface area contributed by atoms with Gasteiger partial charge < -0.3 is 5.73 Å². The first-order valence-corrected chi connectivity index (χ1v) is 4.97. The van der Waals surface area contributed by atoms with Crippen molar-refractivity contribution in [1.82, 2.24) is 14.5 Å². The second-order valence-electron chi connectivity index (χ2n) is 3.55. The van der Waals surface area contributed by atoms with E-state index in [1.165, 1.54) is 4.57 Å². The lowest BCUT2D eigenvalue weighted by Gasteiger charge is -2.10. The molecule has 0 spiro atoms. The van der Waals surface area contributed by atoms with Crippen LogP contribution in [0.25, 0.3) is 11.0 Å². The van der Waals surface area contributed by atoms with E-state index < -0.39 is 0 Å². The number of anilines is 1. The average Bonchev–Trinajstić information content (AvgIpc) is 2.22. The van der Waals surface area contributed by atoms with Gasteiger partial charge in [-0.3, -0.25) is 9.36 Å². The van der Waals surface area contributed by atoms with Gasteiger partial charge in [0.25, 0.3) is 0 Å². The van der Waals surface area contributed by atoms with Crippen molar-refractivity contribution in [2.75, 3.05) is 5.73 Å². The monoisotopic (exact) mass is 214 g/mol. The van der Waals surface area contributed by atoms with E-state index in [4.69, 9.17) is 13.6 Å². The van der Waals surface area contributed by atoms with Crippen molar-refractivity contribution in [2.24, 2.45) is 0 Å². The molecular weight excluding hydrogens is 203 g/mol. The summed E-state index contributed by atoms with van der Waals surface area (Å²) in [4.78, 5) is 19.9. The summed E-state index contributed by atoms with van der Waals surface area (Å²) in [5.41, 5.74) is 6.78. The first-order valence-electron chi connectivity index (χ1n) is 4.97. The molecular formula is C10H11BN4O. The molecule has 0 aliphatic rings. The van der Waals surface area contributed by atoms with E-state index in [2.05, 4.69) is 9.97 Å². The number of aryl methyl sites for hydroxylation is 2. The number of nitrogen functional groups attached to an aromatic ring is 1. The third-order valence-electron chi connectivity index (χ3n) is 2.50. The first-order chi connectivity index (χ1) is 7.54. The minimum atomic E-state index is -0.243. The Morgan fingerprint density at radius 3 is 2.81 bits per heavy atom. The number of hydrogen-bond acceptors (Lipinski definition) is 4. The smallest absolute Gasteiger partial charge is 0.245 e. The summed E-state index contributed by atoms with van der Waals surface area (Å²) in [7, 11) is 5.65. The van der Waals surface area contributed by atoms with Crippen LogP contribution in [0, 0.1) is 6.92 Å². The molecule has 0 unspecified atom stereocenters. The van der Waals surface area contributed by atoms with Crippen LogP contribution in [0.5, 0.6) is 0 Å². The lowest BCUT2D eigenvalue weighted by molar-refractivity contribution is 0.753. The fourth-order valence-corrected chi connectivity index (χ4v) is 1.72. The van der Waals surface area contributed by atoms with Gasteiger partial charge in [-0.25, -0.2) is 4.98 Å². The van der Waals surface area contributed by atoms with Crippen molar-refractivity contribution in [1.29, 1.82) is 0 Å². The van der Waals surface area contributed by atoms with E-state index in [0.29, 0.717) is 12.2 Å². The summed E-state index contributed by atoms with van der Waals surface area (Å²) in [6, 6.07) is 1.60. The lowest BCUT2D eigenvalue weighted by Crippen LogP contribution is -2.34. The first kappa shape index (κ1) is 10.7. The van der Waals surface area contributed by atoms with Crippen LogP contribution in [0.1, 0.15) is 12.6 Å². The predicted molar refractivity (Wildman–Crippen MR) is 64.0 cm³/mol. The molecule has 2 radical (unpaired) electrons. The Labute approximate surface area is 93.7 Å². The molecule has 0 amide bonds. The van der Waals surface area contributed by atoms with Gasteiger partial charge in [-0.05, 0) is 19.3 Å². The zero-order valence-corrected chi connectivity index (χ0v) is 9.19. The number of pyridine rings is 1. The van der Waals surface area contributed by atoms with Crippen molar-refractivity contribution < 1.29 is 0 Å². The van der Waals surface area contributed by atoms with Gasteiger partial charge in [-0.1, -0.05) is 6.07 Å². The molecule has 16 heavy (non-hydrogen) atoms. The van der Waals surface area contributed by atoms with Crippen molar-refractivity contribution in [3.8, 4) is 0 Å². The number of nitrogens with zero attached hydrogens (tertiary/aromatic N) is 3. The molecule has 0 aliphatic heterocycles. The molecule has 5 nitrogen and oxygen atoms in total. The second-order valence-corrected chi connectivity index (χ2v) is 3.55. The topological polar surface area (TPSA) is 73.8 Å². The normalized spacial score (nSPS) is 10.9. The quantitative estimate of drug-likeness (QED) is 0.649. The molecule has 2 rings (SSSR count). The number of aromatic nitrogens is 3. The van der Waals surface area contributed by atoms with Crippen LogP contribution in [-0.4, -0.2) is 22.4 Å². The maximum atomic E-state index is 11.8. The average molecular weight is 214 g/mol. The van der Waals surface area contributed by atoms with Gasteiger partial charge >= 0.3 is 0 Å². The highest BCUT2D eigenvalue weighted by molar-refractivity contribution is 6.32. The summed E-state index contributed by atoms with van der Waals surface area (Å²) in [6.07, 6.45) is 0. The highest BCUT2D eigenvalue weighted by Crippen LogP contribution is 2.13. The minimum absolute atomic E-state index is 0.163. The van der Waals surface area contributed by atoms with Gasteiger partial charge in [-0.2, -0.15) is 4.98 Å². The van der Waals surface area contributed by atoms with Gasteiger partial charge in [0.15, 0.2) is 0 Å². The SMILES string of the molecule is [B]c1cc2c(C)nc(N)nc2n(CC)c1=O. The van der Waals surface area contributed by atoms with Gasteiger partial charge in [0, 0.05) is 11.9 Å². The van der Waals surface area contributed by atoms with Crippen molar-refractivity contribution in [3.05, 3.63) is 22.1 Å². The van der Waals surface area contributed by atoms with Crippen LogP contribution >= 0.6 is 0 Å². The molecule has 0 saturated heterocycles. The molecule has 0 aliphatic carbocycles. The maximum absolute atomic E-state index is 11.8. The van der Waals surface area contributed by atoms with Gasteiger partial charge in [0.2, 0.25) is 11.5 Å². The van der Waals surface area contributed by atoms with Gasteiger partial charge in [0.05, 0.1) is 5.69 Å². The molecule has 0 fully saturated rings. The Morgan fingerprint density at radius 2 is 2.19 bits per heavy atom. The second kappa shape index (κ2) is 3.62. The Balaban J connectivity index is 3.02. The zero-order valence-electron chi connectivity index (χ0n) is 9.19. The maximum Gasteiger partial charge on any atom is 0.245 e. The molecule has 2 aromatic heterocycles. The van der Waals surface area contributed by atoms with Gasteiger partial charge in [0.1, 0.15) is 13.5 Å². The highest BCUT2D eigenvalue weighted by atomic mass is 16.1. The summed E-state index contributed by atoms with van der Waals surface area (Å²) >= 11 is 0. The minimum Gasteiger partial charge on any atom is -0.368 e. The molecule has 0 atom stereocenters. The standard InChI is InChI=1S/C10H11BN4O/c1-3-15-8-6(4-7(11)9(15)16)5(2)13-10(12)14-8/h4H,3H2,1-2H3,(H2,12,13,14). The largest absolute Gasteiger partial charge is 0.368 e. The van der Waals surface area contributed by atoms with E-state index in [-0.39, 0.29) is 17.0 Å². The Hall–Kier alpha value is -1.85. The Bertz CT molecular complexity index is 620. The number of nitrogens with two attached hydrogens (primary N) is 1. The molecule has 2 heterocycles. The Morgan fingerprint density at radius 1 is 1.50 bits per heavy atom. The van der Waals surface area contributed by atoms with E-state index in [1.54, 1.807) is 6.07 Å². The van der Waals surface area contributed by atoms with Crippen molar-refractivity contribution in [3.63, 3.8) is 0 Å². The Kier molecular flexibility index (Phi) is 2.42. The fourth-order valence-electron chi connectivity index (χ4n) is 1.72.